The Morgan fingerprint density at radius 3 is 2.47 bits per heavy atom. The molecular weight excluding hydrogens is 604 g/mol. The van der Waals surface area contributed by atoms with E-state index < -0.39 is 35.8 Å². The first kappa shape index (κ1) is 26.2. The van der Waals surface area contributed by atoms with Gasteiger partial charge in [0.1, 0.15) is 11.3 Å². The Balaban J connectivity index is 1.70. The number of hydrogen-bond acceptors (Lipinski definition) is 5. The summed E-state index contributed by atoms with van der Waals surface area (Å²) in [6.07, 6.45) is -1.75. The van der Waals surface area contributed by atoms with Crippen LogP contribution in [0.1, 0.15) is 30.0 Å². The second kappa shape index (κ2) is 10.0. The minimum Gasteiger partial charge on any atom is -0.481 e. The number of rotatable bonds is 6. The number of amides is 1. The topological polar surface area (TPSA) is 103 Å². The van der Waals surface area contributed by atoms with Gasteiger partial charge < -0.3 is 10.1 Å². The number of carbonyl (C=O) groups excluding carboxylic acids is 1. The summed E-state index contributed by atoms with van der Waals surface area (Å²) >= 11 is 10.7. The van der Waals surface area contributed by atoms with Crippen LogP contribution in [0.25, 0.3) is 21.3 Å². The van der Waals surface area contributed by atoms with E-state index >= 15 is 0 Å². The van der Waals surface area contributed by atoms with E-state index in [4.69, 9.17) is 16.7 Å². The third-order valence-corrected chi connectivity index (χ3v) is 7.73. The summed E-state index contributed by atoms with van der Waals surface area (Å²) in [4.78, 5) is 40.9. The predicted molar refractivity (Wildman–Crippen MR) is 145 cm³/mol. The molecule has 0 fully saturated rings. The SMILES string of the molecule is O=C(O)CC(F)(F)C(=O)N1N=C(c2c(-c3ccc(Br)cc3)c3ccsc3[nH]c2=O)CC1c1ccc(Cl)cc1. The summed E-state index contributed by atoms with van der Waals surface area (Å²) < 4.78 is 30.2. The highest BCUT2D eigenvalue weighted by Crippen LogP contribution is 2.40. The zero-order valence-electron chi connectivity index (χ0n) is 19.3. The highest BCUT2D eigenvalue weighted by atomic mass is 79.9. The van der Waals surface area contributed by atoms with Crippen molar-refractivity contribution in [3.63, 3.8) is 0 Å². The quantitative estimate of drug-likeness (QED) is 0.258. The van der Waals surface area contributed by atoms with E-state index in [1.807, 2.05) is 35.7 Å². The van der Waals surface area contributed by atoms with Crippen LogP contribution in [0.15, 0.2) is 74.3 Å². The van der Waals surface area contributed by atoms with Gasteiger partial charge in [-0.05, 0) is 46.8 Å². The van der Waals surface area contributed by atoms with Gasteiger partial charge in [-0.25, -0.2) is 5.01 Å². The molecule has 4 aromatic rings. The molecule has 7 nitrogen and oxygen atoms in total. The van der Waals surface area contributed by atoms with Crippen LogP contribution in [0.2, 0.25) is 5.02 Å². The van der Waals surface area contributed by atoms with Crippen molar-refractivity contribution in [1.82, 2.24) is 9.99 Å². The van der Waals surface area contributed by atoms with Crippen LogP contribution in [0.4, 0.5) is 8.78 Å². The predicted octanol–water partition coefficient (Wildman–Crippen LogP) is 6.46. The minimum absolute atomic E-state index is 0.0568. The van der Waals surface area contributed by atoms with Gasteiger partial charge in [0.2, 0.25) is 0 Å². The van der Waals surface area contributed by atoms with Gasteiger partial charge in [-0.15, -0.1) is 11.3 Å². The number of carboxylic acid groups (broad SMARTS) is 1. The minimum atomic E-state index is -4.21. The Hall–Kier alpha value is -3.41. The number of alkyl halides is 2. The lowest BCUT2D eigenvalue weighted by Gasteiger charge is -2.25. The Morgan fingerprint density at radius 2 is 1.82 bits per heavy atom. The van der Waals surface area contributed by atoms with Gasteiger partial charge >= 0.3 is 17.8 Å². The van der Waals surface area contributed by atoms with Crippen LogP contribution in [0.3, 0.4) is 0 Å². The molecule has 1 atom stereocenters. The van der Waals surface area contributed by atoms with Gasteiger partial charge in [0.25, 0.3) is 5.56 Å². The number of aromatic amines is 1. The van der Waals surface area contributed by atoms with Gasteiger partial charge in [0.05, 0.1) is 17.3 Å². The number of benzene rings is 2. The molecule has 38 heavy (non-hydrogen) atoms. The van der Waals surface area contributed by atoms with Crippen LogP contribution < -0.4 is 5.56 Å². The van der Waals surface area contributed by atoms with Crippen LogP contribution >= 0.6 is 38.9 Å². The largest absolute Gasteiger partial charge is 0.481 e. The lowest BCUT2D eigenvalue weighted by Crippen LogP contribution is -2.42. The average Bonchev–Trinajstić information content (AvgIpc) is 3.50. The number of halogens is 4. The molecule has 0 saturated heterocycles. The number of pyridine rings is 1. The molecule has 1 aliphatic rings. The zero-order valence-corrected chi connectivity index (χ0v) is 22.4. The number of nitrogens with one attached hydrogen (secondary N) is 1. The standard InChI is InChI=1S/C26H17BrClF2N3O4S/c27-15-5-1-14(2-6-15)21-17-9-10-38-24(17)31-23(36)22(21)18-11-19(13-3-7-16(28)8-4-13)33(32-18)25(37)26(29,30)12-20(34)35/h1-10,19H,11-12H2,(H,31,36)(H,34,35). The van der Waals surface area contributed by atoms with Gasteiger partial charge in [0, 0.05) is 26.9 Å². The van der Waals surface area contributed by atoms with Crippen molar-refractivity contribution in [2.24, 2.45) is 5.10 Å². The maximum absolute atomic E-state index is 14.7. The molecule has 0 radical (unpaired) electrons. The third-order valence-electron chi connectivity index (χ3n) is 6.12. The van der Waals surface area contributed by atoms with E-state index in [0.29, 0.717) is 31.6 Å². The summed E-state index contributed by atoms with van der Waals surface area (Å²) in [6, 6.07) is 14.3. The molecule has 0 spiro atoms. The van der Waals surface area contributed by atoms with Crippen molar-refractivity contribution in [3.05, 3.63) is 91.0 Å². The van der Waals surface area contributed by atoms with Gasteiger partial charge in [-0.2, -0.15) is 13.9 Å². The normalized spacial score (nSPS) is 15.6. The van der Waals surface area contributed by atoms with Crippen LogP contribution in [0.5, 0.6) is 0 Å². The fourth-order valence-corrected chi connectivity index (χ4v) is 5.61. The first-order valence-corrected chi connectivity index (χ1v) is 13.3. The Morgan fingerprint density at radius 1 is 1.13 bits per heavy atom. The number of fused-ring (bicyclic) bond motifs is 1. The summed E-state index contributed by atoms with van der Waals surface area (Å²) in [7, 11) is 0. The van der Waals surface area contributed by atoms with Crippen molar-refractivity contribution in [2.45, 2.75) is 24.8 Å². The highest BCUT2D eigenvalue weighted by Gasteiger charge is 2.49. The third kappa shape index (κ3) is 4.89. The summed E-state index contributed by atoms with van der Waals surface area (Å²) in [5.41, 5.74) is 1.48. The monoisotopic (exact) mass is 619 g/mol. The Kier molecular flexibility index (Phi) is 6.93. The Labute approximate surface area is 231 Å². The molecule has 2 aromatic carbocycles. The molecule has 2 aromatic heterocycles. The number of thiophene rings is 1. The number of hydrogen-bond donors (Lipinski definition) is 2. The number of aliphatic carboxylic acids is 1. The van der Waals surface area contributed by atoms with E-state index in [1.54, 1.807) is 24.3 Å². The molecule has 0 aliphatic carbocycles. The number of carbonyl (C=O) groups is 2. The maximum Gasteiger partial charge on any atom is 0.337 e. The number of aromatic nitrogens is 1. The average molecular weight is 621 g/mol. The van der Waals surface area contributed by atoms with Gasteiger partial charge in [-0.1, -0.05) is 51.8 Å². The molecule has 3 heterocycles. The lowest BCUT2D eigenvalue weighted by atomic mass is 9.92. The van der Waals surface area contributed by atoms with E-state index in [1.165, 1.54) is 11.3 Å². The summed E-state index contributed by atoms with van der Waals surface area (Å²) in [6.45, 7) is 0. The number of nitrogens with zero attached hydrogens (tertiary/aromatic N) is 2. The first-order valence-electron chi connectivity index (χ1n) is 11.2. The molecule has 2 N–H and O–H groups in total. The smallest absolute Gasteiger partial charge is 0.337 e. The van der Waals surface area contributed by atoms with Crippen molar-refractivity contribution in [2.75, 3.05) is 0 Å². The second-order valence-electron chi connectivity index (χ2n) is 8.62. The van der Waals surface area contributed by atoms with E-state index in [-0.39, 0.29) is 17.7 Å². The Bertz CT molecular complexity index is 1650. The second-order valence-corrected chi connectivity index (χ2v) is 10.9. The van der Waals surface area contributed by atoms with E-state index in [0.717, 1.165) is 9.86 Å². The zero-order chi connectivity index (χ0) is 27.2. The molecule has 0 saturated carbocycles. The molecule has 194 valence electrons. The summed E-state index contributed by atoms with van der Waals surface area (Å²) in [5, 5.41) is 16.7. The number of hydrazone groups is 1. The van der Waals surface area contributed by atoms with E-state index in [2.05, 4.69) is 26.0 Å². The van der Waals surface area contributed by atoms with Crippen molar-refractivity contribution < 1.29 is 23.5 Å². The molecule has 12 heteroatoms. The van der Waals surface area contributed by atoms with Gasteiger partial charge in [0.15, 0.2) is 0 Å². The van der Waals surface area contributed by atoms with Crippen molar-refractivity contribution in [1.29, 1.82) is 0 Å². The molecule has 5 rings (SSSR count). The molecule has 1 unspecified atom stereocenters. The maximum atomic E-state index is 14.7. The molecule has 1 amide bonds. The lowest BCUT2D eigenvalue weighted by molar-refractivity contribution is -0.167. The molecule has 0 bridgehead atoms. The number of carboxylic acids is 1. The first-order chi connectivity index (χ1) is 18.0. The van der Waals surface area contributed by atoms with E-state index in [9.17, 15) is 23.2 Å². The van der Waals surface area contributed by atoms with Crippen LogP contribution in [-0.4, -0.2) is 38.6 Å². The molecular formula is C26H17BrClF2N3O4S. The summed E-state index contributed by atoms with van der Waals surface area (Å²) in [5.74, 6) is -7.81. The van der Waals surface area contributed by atoms with Crippen molar-refractivity contribution in [3.8, 4) is 11.1 Å². The van der Waals surface area contributed by atoms with Gasteiger partial charge in [-0.3, -0.25) is 14.4 Å². The fraction of sp³-hybridized carbons (Fsp3) is 0.154. The highest BCUT2D eigenvalue weighted by molar-refractivity contribution is 9.10. The molecule has 1 aliphatic heterocycles. The van der Waals surface area contributed by atoms with Crippen molar-refractivity contribution >= 4 is 66.7 Å². The fourth-order valence-electron chi connectivity index (χ4n) is 4.43. The van der Waals surface area contributed by atoms with Crippen LogP contribution in [-0.2, 0) is 9.59 Å². The van der Waals surface area contributed by atoms with Crippen LogP contribution in [0, 0.1) is 0 Å². The number of H-pyrrole nitrogens is 1.